The minimum Gasteiger partial charge on any atom is -0.318 e. The van der Waals surface area contributed by atoms with Crippen LogP contribution in [0.1, 0.15) is 5.56 Å². The van der Waals surface area contributed by atoms with Crippen LogP contribution in [0.15, 0.2) is 36.4 Å². The van der Waals surface area contributed by atoms with Crippen LogP contribution in [0.5, 0.6) is 0 Å². The first-order chi connectivity index (χ1) is 8.41. The fourth-order valence-electron chi connectivity index (χ4n) is 1.74. The molecule has 0 spiro atoms. The quantitative estimate of drug-likeness (QED) is 0.595. The average Bonchev–Trinajstić information content (AvgIpc) is 2.33. The third-order valence-electron chi connectivity index (χ3n) is 2.68. The summed E-state index contributed by atoms with van der Waals surface area (Å²) in [5, 5.41) is 0. The summed E-state index contributed by atoms with van der Waals surface area (Å²) in [6.07, 6.45) is 3.13. The molecular formula is C11H12N2O4S. The molecule has 2 rings (SSSR count). The molecule has 0 aliphatic carbocycles. The highest BCUT2D eigenvalue weighted by molar-refractivity contribution is 7.84. The first-order valence-electron chi connectivity index (χ1n) is 5.21. The van der Waals surface area contributed by atoms with Crippen molar-refractivity contribution in [2.24, 2.45) is 5.73 Å². The summed E-state index contributed by atoms with van der Waals surface area (Å²) < 4.78 is 31.2. The van der Waals surface area contributed by atoms with Gasteiger partial charge in [-0.15, -0.1) is 0 Å². The minimum atomic E-state index is -4.55. The molecule has 1 aromatic rings. The van der Waals surface area contributed by atoms with Crippen LogP contribution in [0.3, 0.4) is 0 Å². The fourth-order valence-corrected chi connectivity index (χ4v) is 2.60. The number of benzene rings is 1. The van der Waals surface area contributed by atoms with Crippen LogP contribution >= 0.6 is 0 Å². The van der Waals surface area contributed by atoms with E-state index in [1.807, 2.05) is 30.3 Å². The Morgan fingerprint density at radius 3 is 2.44 bits per heavy atom. The molecule has 1 aliphatic heterocycles. The van der Waals surface area contributed by atoms with E-state index in [1.54, 1.807) is 6.08 Å². The monoisotopic (exact) mass is 268 g/mol. The van der Waals surface area contributed by atoms with E-state index in [4.69, 9.17) is 10.3 Å². The van der Waals surface area contributed by atoms with Gasteiger partial charge in [0.1, 0.15) is 6.04 Å². The van der Waals surface area contributed by atoms with E-state index < -0.39 is 28.3 Å². The first kappa shape index (κ1) is 12.7. The Labute approximate surface area is 105 Å². The highest BCUT2D eigenvalue weighted by Gasteiger charge is 2.49. The zero-order valence-electron chi connectivity index (χ0n) is 9.30. The molecule has 96 valence electrons. The first-order valence-corrected chi connectivity index (χ1v) is 6.60. The van der Waals surface area contributed by atoms with Crippen molar-refractivity contribution < 1.29 is 17.8 Å². The number of nitrogens with two attached hydrogens (primary N) is 1. The summed E-state index contributed by atoms with van der Waals surface area (Å²) in [7, 11) is -4.55. The molecule has 0 bridgehead atoms. The number of carbonyl (C=O) groups is 1. The van der Waals surface area contributed by atoms with Gasteiger partial charge >= 0.3 is 10.3 Å². The molecule has 1 heterocycles. The molecule has 0 saturated carbocycles. The Kier molecular flexibility index (Phi) is 3.20. The molecule has 0 aromatic heterocycles. The Morgan fingerprint density at radius 2 is 1.89 bits per heavy atom. The van der Waals surface area contributed by atoms with Crippen LogP contribution in [0.4, 0.5) is 0 Å². The molecule has 1 aliphatic rings. The third kappa shape index (κ3) is 2.28. The lowest BCUT2D eigenvalue weighted by molar-refractivity contribution is -0.138. The largest absolute Gasteiger partial charge is 0.362 e. The molecule has 1 amide bonds. The Hall–Kier alpha value is -1.70. The van der Waals surface area contributed by atoms with Crippen molar-refractivity contribution in [1.29, 1.82) is 0 Å². The lowest BCUT2D eigenvalue weighted by Gasteiger charge is -2.40. The van der Waals surface area contributed by atoms with Crippen LogP contribution in [0, 0.1) is 0 Å². The molecule has 1 aromatic carbocycles. The predicted molar refractivity (Wildman–Crippen MR) is 65.6 cm³/mol. The van der Waals surface area contributed by atoms with Crippen molar-refractivity contribution in [2.75, 3.05) is 0 Å². The lowest BCUT2D eigenvalue weighted by Crippen LogP contribution is -2.69. The van der Waals surface area contributed by atoms with E-state index in [-0.39, 0.29) is 0 Å². The minimum absolute atomic E-state index is 0.372. The molecule has 2 atom stereocenters. The predicted octanol–water partition coefficient (Wildman–Crippen LogP) is 0.0407. The number of amides is 1. The number of hydrogen-bond acceptors (Lipinski definition) is 4. The van der Waals surface area contributed by atoms with Crippen molar-refractivity contribution in [2.45, 2.75) is 12.1 Å². The second kappa shape index (κ2) is 4.52. The van der Waals surface area contributed by atoms with Crippen LogP contribution in [0.2, 0.25) is 0 Å². The number of β-lactam (4-membered cyclic amide) rings is 1. The van der Waals surface area contributed by atoms with E-state index in [9.17, 15) is 13.2 Å². The Morgan fingerprint density at radius 1 is 1.28 bits per heavy atom. The molecule has 6 nitrogen and oxygen atoms in total. The highest BCUT2D eigenvalue weighted by atomic mass is 32.2. The Balaban J connectivity index is 2.19. The zero-order chi connectivity index (χ0) is 13.3. The van der Waals surface area contributed by atoms with E-state index in [0.717, 1.165) is 5.56 Å². The summed E-state index contributed by atoms with van der Waals surface area (Å²) in [6.45, 7) is 0. The molecule has 3 N–H and O–H groups in total. The summed E-state index contributed by atoms with van der Waals surface area (Å²) in [5.41, 5.74) is 6.35. The SMILES string of the molecule is N[C@@H]1C(=O)N(S(=O)(=O)O)[C@@H]1C=Cc1ccccc1. The maximum atomic E-state index is 11.3. The standard InChI is InChI=1S/C11H12N2O4S/c12-10-9(13(11(10)14)18(15,16)17)7-6-8-4-2-1-3-5-8/h1-7,9-10H,12H2,(H,15,16,17)/t9-,10+/m1/s1. The molecule has 1 fully saturated rings. The molecule has 7 heteroatoms. The van der Waals surface area contributed by atoms with Gasteiger partial charge in [-0.1, -0.05) is 42.5 Å². The number of carbonyl (C=O) groups excluding carboxylic acids is 1. The molecule has 0 unspecified atom stereocenters. The second-order valence-corrected chi connectivity index (χ2v) is 5.19. The van der Waals surface area contributed by atoms with Gasteiger partial charge in [-0.3, -0.25) is 9.35 Å². The van der Waals surface area contributed by atoms with E-state index >= 15 is 0 Å². The van der Waals surface area contributed by atoms with Crippen molar-refractivity contribution >= 4 is 22.3 Å². The van der Waals surface area contributed by atoms with Gasteiger partial charge in [0.25, 0.3) is 5.91 Å². The normalized spacial score (nSPS) is 24.3. The summed E-state index contributed by atoms with van der Waals surface area (Å²) in [4.78, 5) is 11.3. The summed E-state index contributed by atoms with van der Waals surface area (Å²) in [6, 6.07) is 7.36. The van der Waals surface area contributed by atoms with Gasteiger partial charge in [-0.05, 0) is 5.56 Å². The third-order valence-corrected chi connectivity index (χ3v) is 3.60. The van der Waals surface area contributed by atoms with Crippen molar-refractivity contribution in [1.82, 2.24) is 4.31 Å². The van der Waals surface area contributed by atoms with Gasteiger partial charge < -0.3 is 5.73 Å². The van der Waals surface area contributed by atoms with Gasteiger partial charge in [0, 0.05) is 0 Å². The Bertz CT molecular complexity index is 582. The van der Waals surface area contributed by atoms with Crippen molar-refractivity contribution in [3.63, 3.8) is 0 Å². The van der Waals surface area contributed by atoms with Crippen molar-refractivity contribution in [3.8, 4) is 0 Å². The maximum absolute atomic E-state index is 11.3. The number of hydrogen-bond donors (Lipinski definition) is 2. The molecule has 1 saturated heterocycles. The van der Waals surface area contributed by atoms with E-state index in [1.165, 1.54) is 6.08 Å². The topological polar surface area (TPSA) is 101 Å². The number of rotatable bonds is 3. The van der Waals surface area contributed by atoms with Gasteiger partial charge in [0.05, 0.1) is 6.04 Å². The van der Waals surface area contributed by atoms with Crippen molar-refractivity contribution in [3.05, 3.63) is 42.0 Å². The summed E-state index contributed by atoms with van der Waals surface area (Å²) >= 11 is 0. The molecule has 18 heavy (non-hydrogen) atoms. The van der Waals surface area contributed by atoms with Gasteiger partial charge in [0.2, 0.25) is 0 Å². The smallest absolute Gasteiger partial charge is 0.318 e. The van der Waals surface area contributed by atoms with Crippen LogP contribution in [0.25, 0.3) is 6.08 Å². The summed E-state index contributed by atoms with van der Waals surface area (Å²) in [5.74, 6) is -0.805. The van der Waals surface area contributed by atoms with Gasteiger partial charge in [0.15, 0.2) is 0 Å². The van der Waals surface area contributed by atoms with E-state index in [2.05, 4.69) is 0 Å². The zero-order valence-corrected chi connectivity index (χ0v) is 10.1. The highest BCUT2D eigenvalue weighted by Crippen LogP contribution is 2.23. The maximum Gasteiger partial charge on any atom is 0.362 e. The number of nitrogens with zero attached hydrogens (tertiary/aromatic N) is 1. The molecule has 0 radical (unpaired) electrons. The molecular weight excluding hydrogens is 256 g/mol. The fraction of sp³-hybridized carbons (Fsp3) is 0.182. The average molecular weight is 268 g/mol. The van der Waals surface area contributed by atoms with E-state index in [0.29, 0.717) is 4.31 Å². The van der Waals surface area contributed by atoms with Gasteiger partial charge in [-0.2, -0.15) is 8.42 Å². The lowest BCUT2D eigenvalue weighted by atomic mass is 9.99. The van der Waals surface area contributed by atoms with Crippen LogP contribution in [-0.4, -0.2) is 35.3 Å². The van der Waals surface area contributed by atoms with Crippen LogP contribution < -0.4 is 5.73 Å². The van der Waals surface area contributed by atoms with Crippen LogP contribution in [-0.2, 0) is 15.1 Å². The van der Waals surface area contributed by atoms with Gasteiger partial charge in [-0.25, -0.2) is 4.31 Å². The second-order valence-electron chi connectivity index (χ2n) is 3.90.